The highest BCUT2D eigenvalue weighted by molar-refractivity contribution is 5.79. The molecule has 84 valence electrons. The summed E-state index contributed by atoms with van der Waals surface area (Å²) in [5.74, 6) is 5.94. The maximum absolute atomic E-state index is 5.32. The molecule has 0 aromatic carbocycles. The van der Waals surface area contributed by atoms with Crippen LogP contribution < -0.4 is 16.6 Å². The number of methoxy groups -OCH3 is 1. The summed E-state index contributed by atoms with van der Waals surface area (Å²) in [7, 11) is 1.65. The third-order valence-corrected chi connectivity index (χ3v) is 1.81. The van der Waals surface area contributed by atoms with E-state index in [0.717, 1.165) is 12.8 Å². The van der Waals surface area contributed by atoms with Gasteiger partial charge in [-0.25, -0.2) is 10.8 Å². The zero-order valence-electron chi connectivity index (χ0n) is 9.34. The van der Waals surface area contributed by atoms with Crippen molar-refractivity contribution in [3.8, 4) is 0 Å². The summed E-state index contributed by atoms with van der Waals surface area (Å²) in [6.45, 7) is 5.47. The van der Waals surface area contributed by atoms with Gasteiger partial charge in [0.1, 0.15) is 0 Å². The first kappa shape index (κ1) is 13.2. The minimum atomic E-state index is 0.386. The van der Waals surface area contributed by atoms with E-state index in [1.165, 1.54) is 0 Å². The highest BCUT2D eigenvalue weighted by Gasteiger charge is 2.02. The van der Waals surface area contributed by atoms with Crippen LogP contribution >= 0.6 is 0 Å². The minimum Gasteiger partial charge on any atom is -0.383 e. The van der Waals surface area contributed by atoms with Crippen LogP contribution in [-0.4, -0.2) is 32.3 Å². The smallest absolute Gasteiger partial charge is 0.206 e. The van der Waals surface area contributed by atoms with Crippen molar-refractivity contribution in [2.75, 3.05) is 20.3 Å². The number of aliphatic imine (C=N–C) groups is 1. The van der Waals surface area contributed by atoms with Crippen molar-refractivity contribution in [2.24, 2.45) is 10.8 Å². The Morgan fingerprint density at radius 3 is 2.79 bits per heavy atom. The zero-order chi connectivity index (χ0) is 10.8. The van der Waals surface area contributed by atoms with Crippen molar-refractivity contribution in [3.05, 3.63) is 0 Å². The van der Waals surface area contributed by atoms with E-state index < -0.39 is 0 Å². The molecule has 0 aromatic rings. The van der Waals surface area contributed by atoms with Gasteiger partial charge in [-0.3, -0.25) is 5.43 Å². The summed E-state index contributed by atoms with van der Waals surface area (Å²) in [5.41, 5.74) is 2.53. The number of hydrogen-bond acceptors (Lipinski definition) is 3. The molecule has 5 nitrogen and oxygen atoms in total. The molecule has 0 amide bonds. The molecule has 1 unspecified atom stereocenters. The minimum absolute atomic E-state index is 0.386. The fourth-order valence-electron chi connectivity index (χ4n) is 1.12. The fourth-order valence-corrected chi connectivity index (χ4v) is 1.12. The van der Waals surface area contributed by atoms with Gasteiger partial charge in [-0.15, -0.1) is 0 Å². The second kappa shape index (κ2) is 8.77. The van der Waals surface area contributed by atoms with Crippen LogP contribution in [-0.2, 0) is 4.74 Å². The lowest BCUT2D eigenvalue weighted by atomic mass is 10.2. The maximum Gasteiger partial charge on any atom is 0.206 e. The van der Waals surface area contributed by atoms with Crippen LogP contribution in [0, 0.1) is 0 Å². The second-order valence-electron chi connectivity index (χ2n) is 3.20. The molecule has 5 heteroatoms. The summed E-state index contributed by atoms with van der Waals surface area (Å²) in [6, 6.07) is 0.386. The molecule has 0 saturated carbocycles. The van der Waals surface area contributed by atoms with Crippen LogP contribution in [0.4, 0.5) is 0 Å². The highest BCUT2D eigenvalue weighted by Crippen LogP contribution is 1.93. The Morgan fingerprint density at radius 1 is 1.57 bits per heavy atom. The van der Waals surface area contributed by atoms with E-state index in [1.54, 1.807) is 7.11 Å². The SMILES string of the molecule is CCCC(C)NC(=NCCOC)NN. The molecule has 14 heavy (non-hydrogen) atoms. The van der Waals surface area contributed by atoms with Gasteiger partial charge in [-0.05, 0) is 13.3 Å². The fraction of sp³-hybridized carbons (Fsp3) is 0.889. The Morgan fingerprint density at radius 2 is 2.29 bits per heavy atom. The van der Waals surface area contributed by atoms with Crippen LogP contribution in [0.2, 0.25) is 0 Å². The topological polar surface area (TPSA) is 71.7 Å². The summed E-state index contributed by atoms with van der Waals surface area (Å²) in [6.07, 6.45) is 2.25. The summed E-state index contributed by atoms with van der Waals surface area (Å²) in [5, 5.41) is 3.18. The van der Waals surface area contributed by atoms with Crippen molar-refractivity contribution in [1.82, 2.24) is 10.7 Å². The Kier molecular flexibility index (Phi) is 8.27. The predicted octanol–water partition coefficient (Wildman–Crippen LogP) is 0.230. The third-order valence-electron chi connectivity index (χ3n) is 1.81. The summed E-state index contributed by atoms with van der Waals surface area (Å²) >= 11 is 0. The van der Waals surface area contributed by atoms with E-state index in [9.17, 15) is 0 Å². The monoisotopic (exact) mass is 202 g/mol. The number of nitrogens with two attached hydrogens (primary N) is 1. The van der Waals surface area contributed by atoms with Gasteiger partial charge in [-0.2, -0.15) is 0 Å². The van der Waals surface area contributed by atoms with E-state index >= 15 is 0 Å². The van der Waals surface area contributed by atoms with E-state index in [2.05, 4.69) is 29.6 Å². The van der Waals surface area contributed by atoms with E-state index in [4.69, 9.17) is 10.6 Å². The van der Waals surface area contributed by atoms with Crippen LogP contribution in [0.1, 0.15) is 26.7 Å². The first-order valence-corrected chi connectivity index (χ1v) is 5.01. The second-order valence-corrected chi connectivity index (χ2v) is 3.20. The molecule has 1 atom stereocenters. The molecular weight excluding hydrogens is 180 g/mol. The summed E-state index contributed by atoms with van der Waals surface area (Å²) < 4.78 is 4.89. The number of ether oxygens (including phenoxy) is 1. The molecule has 0 aliphatic rings. The average Bonchev–Trinajstić information content (AvgIpc) is 2.17. The normalized spacial score (nSPS) is 13.9. The number of nitrogens with zero attached hydrogens (tertiary/aromatic N) is 1. The molecule has 4 N–H and O–H groups in total. The molecule has 0 radical (unpaired) electrons. The van der Waals surface area contributed by atoms with Crippen molar-refractivity contribution in [2.45, 2.75) is 32.7 Å². The maximum atomic E-state index is 5.32. The first-order chi connectivity index (χ1) is 6.74. The molecule has 0 aromatic heterocycles. The lowest BCUT2D eigenvalue weighted by molar-refractivity contribution is 0.208. The van der Waals surface area contributed by atoms with E-state index in [-0.39, 0.29) is 0 Å². The van der Waals surface area contributed by atoms with Gasteiger partial charge in [0.15, 0.2) is 0 Å². The Hall–Kier alpha value is -0.810. The average molecular weight is 202 g/mol. The number of guanidine groups is 1. The number of hydrazine groups is 1. The molecule has 0 bridgehead atoms. The molecule has 0 fully saturated rings. The predicted molar refractivity (Wildman–Crippen MR) is 59.0 cm³/mol. The van der Waals surface area contributed by atoms with Gasteiger partial charge < -0.3 is 10.1 Å². The number of hydrogen-bond donors (Lipinski definition) is 3. The van der Waals surface area contributed by atoms with Gasteiger partial charge in [0.25, 0.3) is 0 Å². The van der Waals surface area contributed by atoms with E-state index in [1.807, 2.05) is 0 Å². The Bertz CT molecular complexity index is 161. The molecule has 0 heterocycles. The van der Waals surface area contributed by atoms with Crippen molar-refractivity contribution in [3.63, 3.8) is 0 Å². The molecule has 0 spiro atoms. The standard InChI is InChI=1S/C9H22N4O/c1-4-5-8(2)12-9(13-10)11-6-7-14-3/h8H,4-7,10H2,1-3H3,(H2,11,12,13). The van der Waals surface area contributed by atoms with Crippen molar-refractivity contribution in [1.29, 1.82) is 0 Å². The molecule has 0 aliphatic heterocycles. The van der Waals surface area contributed by atoms with Crippen LogP contribution in [0.25, 0.3) is 0 Å². The van der Waals surface area contributed by atoms with E-state index in [0.29, 0.717) is 25.2 Å². The number of rotatable bonds is 6. The molecular formula is C9H22N4O. The largest absolute Gasteiger partial charge is 0.383 e. The van der Waals surface area contributed by atoms with Crippen molar-refractivity contribution >= 4 is 5.96 Å². The van der Waals surface area contributed by atoms with Crippen LogP contribution in [0.5, 0.6) is 0 Å². The number of nitrogens with one attached hydrogen (secondary N) is 2. The highest BCUT2D eigenvalue weighted by atomic mass is 16.5. The van der Waals surface area contributed by atoms with Crippen molar-refractivity contribution < 1.29 is 4.74 Å². The molecule has 0 aliphatic carbocycles. The molecule has 0 saturated heterocycles. The summed E-state index contributed by atoms with van der Waals surface area (Å²) in [4.78, 5) is 4.20. The molecule has 0 rings (SSSR count). The van der Waals surface area contributed by atoms with Gasteiger partial charge in [0, 0.05) is 13.2 Å². The Labute approximate surface area is 86.1 Å². The van der Waals surface area contributed by atoms with Gasteiger partial charge >= 0.3 is 0 Å². The lowest BCUT2D eigenvalue weighted by Crippen LogP contribution is -2.45. The van der Waals surface area contributed by atoms with Gasteiger partial charge in [0.05, 0.1) is 13.2 Å². The quantitative estimate of drug-likeness (QED) is 0.189. The van der Waals surface area contributed by atoms with Crippen LogP contribution in [0.15, 0.2) is 4.99 Å². The first-order valence-electron chi connectivity index (χ1n) is 5.01. The Balaban J connectivity index is 3.81. The van der Waals surface area contributed by atoms with Crippen LogP contribution in [0.3, 0.4) is 0 Å². The lowest BCUT2D eigenvalue weighted by Gasteiger charge is -2.15. The van der Waals surface area contributed by atoms with Gasteiger partial charge in [-0.1, -0.05) is 13.3 Å². The third kappa shape index (κ3) is 6.68. The van der Waals surface area contributed by atoms with Gasteiger partial charge in [0.2, 0.25) is 5.96 Å². The zero-order valence-corrected chi connectivity index (χ0v) is 9.34.